The average Bonchev–Trinajstić information content (AvgIpc) is 1.60. The molecule has 0 aliphatic rings. The molecule has 470 valence electrons. The van der Waals surface area contributed by atoms with E-state index in [2.05, 4.69) is 279 Å². The molecule has 0 atom stereocenters. The first-order valence-corrected chi connectivity index (χ1v) is 33.5. The van der Waals surface area contributed by atoms with Gasteiger partial charge in [0, 0.05) is 61.9 Å². The van der Waals surface area contributed by atoms with E-state index in [9.17, 15) is 0 Å². The molecule has 18 rings (SSSR count). The molecule has 6 aromatic heterocycles. The van der Waals surface area contributed by atoms with E-state index in [1.54, 1.807) is 13.3 Å². The van der Waals surface area contributed by atoms with E-state index in [1.165, 1.54) is 0 Å². The molecule has 18 aromatic rings. The number of benzene rings is 12. The maximum absolute atomic E-state index is 6.20. The molecular weight excluding hydrogens is 1220 g/mol. The molecule has 7 nitrogen and oxygen atoms in total. The second kappa shape index (κ2) is 25.3. The van der Waals surface area contributed by atoms with E-state index in [0.29, 0.717) is 0 Å². The van der Waals surface area contributed by atoms with E-state index in [4.69, 9.17) is 33.5 Å². The number of nitrogens with zero attached hydrogens (tertiary/aromatic N) is 4. The Morgan fingerprint density at radius 3 is 1.15 bits per heavy atom. The largest absolute Gasteiger partial charge is 0.497 e. The molecular formula is C93H60N4O3. The van der Waals surface area contributed by atoms with Crippen molar-refractivity contribution in [2.75, 3.05) is 7.11 Å². The summed E-state index contributed by atoms with van der Waals surface area (Å²) in [6, 6.07) is 118. The minimum atomic E-state index is 0.779. The number of furan rings is 2. The second-order valence-corrected chi connectivity index (χ2v) is 25.3. The highest BCUT2D eigenvalue weighted by Crippen LogP contribution is 2.42. The first kappa shape index (κ1) is 59.2. The van der Waals surface area contributed by atoms with Gasteiger partial charge >= 0.3 is 0 Å². The number of pyridine rings is 4. The minimum absolute atomic E-state index is 0.779. The van der Waals surface area contributed by atoms with Crippen LogP contribution in [0.1, 0.15) is 0 Å². The van der Waals surface area contributed by atoms with E-state index < -0.39 is 0 Å². The fourth-order valence-electron chi connectivity index (χ4n) is 13.9. The summed E-state index contributed by atoms with van der Waals surface area (Å²) in [4.78, 5) is 20.4. The lowest BCUT2D eigenvalue weighted by molar-refractivity contribution is 0.415. The van der Waals surface area contributed by atoms with Gasteiger partial charge in [0.1, 0.15) is 28.1 Å². The Balaban J connectivity index is 0.609. The van der Waals surface area contributed by atoms with Gasteiger partial charge in [0.15, 0.2) is 0 Å². The molecule has 0 amide bonds. The summed E-state index contributed by atoms with van der Waals surface area (Å²) in [5.74, 6) is 0.779. The number of ether oxygens (including phenoxy) is 1. The van der Waals surface area contributed by atoms with Crippen molar-refractivity contribution in [3.05, 3.63) is 346 Å². The third-order valence-corrected chi connectivity index (χ3v) is 19.2. The lowest BCUT2D eigenvalue weighted by Crippen LogP contribution is -1.94. The molecule has 0 radical (unpaired) electrons. The van der Waals surface area contributed by atoms with Crippen LogP contribution in [0.4, 0.5) is 0 Å². The number of para-hydroxylation sites is 1. The molecule has 7 heteroatoms. The number of hydrogen-bond acceptors (Lipinski definition) is 7. The fraction of sp³-hybridized carbons (Fsp3) is 0.0108. The maximum Gasteiger partial charge on any atom is 0.139 e. The van der Waals surface area contributed by atoms with Crippen molar-refractivity contribution in [2.24, 2.45) is 0 Å². The summed E-state index contributed by atoms with van der Waals surface area (Å²) < 4.78 is 17.9. The quantitative estimate of drug-likeness (QED) is 0.107. The average molecular weight is 1280 g/mol. The molecule has 0 saturated heterocycles. The van der Waals surface area contributed by atoms with Gasteiger partial charge in [-0.15, -0.1) is 0 Å². The summed E-state index contributed by atoms with van der Waals surface area (Å²) in [5.41, 5.74) is 30.5. The Morgan fingerprint density at radius 1 is 0.220 bits per heavy atom. The van der Waals surface area contributed by atoms with Crippen LogP contribution in [-0.2, 0) is 0 Å². The summed E-state index contributed by atoms with van der Waals surface area (Å²) in [7, 11) is 1.68. The van der Waals surface area contributed by atoms with E-state index >= 15 is 0 Å². The third kappa shape index (κ3) is 11.4. The number of methoxy groups -OCH3 is 1. The van der Waals surface area contributed by atoms with Crippen molar-refractivity contribution in [1.82, 2.24) is 19.9 Å². The Bertz CT molecular complexity index is 6050. The van der Waals surface area contributed by atoms with E-state index in [1.807, 2.05) is 60.8 Å². The van der Waals surface area contributed by atoms with Crippen molar-refractivity contribution in [3.63, 3.8) is 0 Å². The summed E-state index contributed by atoms with van der Waals surface area (Å²) in [5, 5.41) is 4.18. The van der Waals surface area contributed by atoms with Crippen LogP contribution in [0.5, 0.6) is 5.75 Å². The summed E-state index contributed by atoms with van der Waals surface area (Å²) in [6.07, 6.45) is 3.65. The van der Waals surface area contributed by atoms with Gasteiger partial charge < -0.3 is 13.6 Å². The van der Waals surface area contributed by atoms with Crippen LogP contribution in [0.2, 0.25) is 0 Å². The minimum Gasteiger partial charge on any atom is -0.497 e. The van der Waals surface area contributed by atoms with Crippen LogP contribution in [0.25, 0.3) is 189 Å². The van der Waals surface area contributed by atoms with Crippen LogP contribution in [0.15, 0.2) is 355 Å². The highest BCUT2D eigenvalue weighted by molar-refractivity contribution is 6.12. The Kier molecular flexibility index (Phi) is 15.0. The van der Waals surface area contributed by atoms with Crippen LogP contribution in [0.3, 0.4) is 0 Å². The molecule has 0 spiro atoms. The van der Waals surface area contributed by atoms with Gasteiger partial charge in [-0.25, -0.2) is 9.97 Å². The molecule has 0 unspecified atom stereocenters. The van der Waals surface area contributed by atoms with Crippen LogP contribution < -0.4 is 4.74 Å². The lowest BCUT2D eigenvalue weighted by atomic mass is 9.93. The van der Waals surface area contributed by atoms with Crippen molar-refractivity contribution < 1.29 is 13.6 Å². The van der Waals surface area contributed by atoms with Crippen LogP contribution >= 0.6 is 0 Å². The predicted molar refractivity (Wildman–Crippen MR) is 409 cm³/mol. The molecule has 0 saturated carbocycles. The molecule has 6 heterocycles. The lowest BCUT2D eigenvalue weighted by Gasteiger charge is -2.14. The summed E-state index contributed by atoms with van der Waals surface area (Å²) >= 11 is 0. The van der Waals surface area contributed by atoms with Crippen LogP contribution in [0, 0.1) is 0 Å². The monoisotopic (exact) mass is 1280 g/mol. The Hall–Kier alpha value is -13.4. The van der Waals surface area contributed by atoms with Gasteiger partial charge in [-0.3, -0.25) is 9.97 Å². The summed E-state index contributed by atoms with van der Waals surface area (Å²) in [6.45, 7) is 0. The topological polar surface area (TPSA) is 87.1 Å². The SMILES string of the molecule is COc1ccc2oc3ccnc(-c4ccc(-c5ccc(-c6ccc(-c7cc(-c8ccccc8)nc(-c8ccc(-c9ccc(-c%10cc(-c%11ccccc%11)cc(-c%11cc(-c%12ccccn%12)cc(-c%12ccc(-c%13ccc%14oc%15ccccc%15c%14c%13)cc%12)n%11)c%10)cc9)cc8)c7)cc6)cc5)cc4)c3c2c1. The van der Waals surface area contributed by atoms with Gasteiger partial charge in [0.2, 0.25) is 0 Å². The van der Waals surface area contributed by atoms with Crippen molar-refractivity contribution in [3.8, 4) is 151 Å². The molecule has 0 N–H and O–H groups in total. The van der Waals surface area contributed by atoms with Gasteiger partial charge in [-0.2, -0.15) is 0 Å². The maximum atomic E-state index is 6.20. The van der Waals surface area contributed by atoms with Crippen molar-refractivity contribution in [1.29, 1.82) is 0 Å². The van der Waals surface area contributed by atoms with Crippen molar-refractivity contribution in [2.45, 2.75) is 0 Å². The first-order valence-electron chi connectivity index (χ1n) is 33.5. The number of fused-ring (bicyclic) bond motifs is 6. The molecule has 0 fully saturated rings. The first-order chi connectivity index (χ1) is 49.4. The standard InChI is InChI=1S/C93H60N4O3/c1-98-79-44-46-90-82(58-79)92-91(100-90)47-49-95-93(92)72-41-35-65(36-42-72)61-21-19-60(20-22-61)62-25-29-68(30-26-62)76-54-84(69-14-6-3-7-15-69)96-85(55-76)70-37-31-64(32-38-70)63-23-27-67(28-24-63)75-50-74(59-12-4-2-5-13-59)51-77(52-75)87-57-78(83-17-10-11-48-94-83)56-86(97-87)71-39-33-66(34-40-71)73-43-45-89-81(53-73)80-16-8-9-18-88(80)99-89/h2-58H,1H3. The third-order valence-electron chi connectivity index (χ3n) is 19.2. The Morgan fingerprint density at radius 2 is 0.600 bits per heavy atom. The Labute approximate surface area is 578 Å². The molecule has 0 aliphatic carbocycles. The number of rotatable bonds is 14. The van der Waals surface area contributed by atoms with Crippen LogP contribution in [-0.4, -0.2) is 27.0 Å². The second-order valence-electron chi connectivity index (χ2n) is 25.3. The molecule has 100 heavy (non-hydrogen) atoms. The molecule has 0 aliphatic heterocycles. The number of aromatic nitrogens is 4. The van der Waals surface area contributed by atoms with E-state index in [-0.39, 0.29) is 0 Å². The van der Waals surface area contributed by atoms with E-state index in [0.717, 1.165) is 195 Å². The molecule has 0 bridgehead atoms. The zero-order valence-corrected chi connectivity index (χ0v) is 54.4. The van der Waals surface area contributed by atoms with Gasteiger partial charge in [-0.05, 0) is 175 Å². The van der Waals surface area contributed by atoms with Crippen molar-refractivity contribution >= 4 is 43.9 Å². The number of hydrogen-bond donors (Lipinski definition) is 0. The zero-order valence-electron chi connectivity index (χ0n) is 54.4. The van der Waals surface area contributed by atoms with Gasteiger partial charge in [-0.1, -0.05) is 237 Å². The van der Waals surface area contributed by atoms with Gasteiger partial charge in [0.05, 0.1) is 46.7 Å². The highest BCUT2D eigenvalue weighted by atomic mass is 16.5. The highest BCUT2D eigenvalue weighted by Gasteiger charge is 2.19. The fourth-order valence-corrected chi connectivity index (χ4v) is 13.9. The normalized spacial score (nSPS) is 11.4. The van der Waals surface area contributed by atoms with Gasteiger partial charge in [0.25, 0.3) is 0 Å². The smallest absolute Gasteiger partial charge is 0.139 e. The molecule has 12 aromatic carbocycles. The zero-order chi connectivity index (χ0) is 66.5. The predicted octanol–water partition coefficient (Wildman–Crippen LogP) is 24.7.